The van der Waals surface area contributed by atoms with E-state index >= 15 is 0 Å². The standard InChI is InChI=1S/C17H28N2O3/c1-3-22-16(20)15-12-8-5-9-13-19(17(21)18(15)2)14-10-6-4-7-11-14/h5,9,14-15H,3-4,6-8,10-13H2,1-2H3/b9-5-. The summed E-state index contributed by atoms with van der Waals surface area (Å²) < 4.78 is 5.14. The first-order valence-corrected chi connectivity index (χ1v) is 8.50. The Labute approximate surface area is 133 Å². The highest BCUT2D eigenvalue weighted by Crippen LogP contribution is 2.25. The fourth-order valence-electron chi connectivity index (χ4n) is 3.38. The van der Waals surface area contributed by atoms with E-state index in [1.807, 2.05) is 4.90 Å². The number of urea groups is 1. The lowest BCUT2D eigenvalue weighted by atomic mass is 9.94. The third kappa shape index (κ3) is 4.02. The lowest BCUT2D eigenvalue weighted by Gasteiger charge is -2.37. The molecule has 2 aliphatic rings. The zero-order valence-corrected chi connectivity index (χ0v) is 13.8. The lowest BCUT2D eigenvalue weighted by molar-refractivity contribution is -0.148. The smallest absolute Gasteiger partial charge is 0.328 e. The van der Waals surface area contributed by atoms with Crippen LogP contribution < -0.4 is 0 Å². The highest BCUT2D eigenvalue weighted by atomic mass is 16.5. The summed E-state index contributed by atoms with van der Waals surface area (Å²) in [5, 5.41) is 0. The molecule has 124 valence electrons. The third-order valence-electron chi connectivity index (χ3n) is 4.66. The molecule has 0 aromatic carbocycles. The van der Waals surface area contributed by atoms with Gasteiger partial charge in [-0.2, -0.15) is 0 Å². The van der Waals surface area contributed by atoms with Gasteiger partial charge in [-0.15, -0.1) is 0 Å². The van der Waals surface area contributed by atoms with Crippen LogP contribution >= 0.6 is 0 Å². The molecule has 2 rings (SSSR count). The molecule has 0 aromatic rings. The number of rotatable bonds is 3. The Balaban J connectivity index is 2.14. The van der Waals surface area contributed by atoms with E-state index in [0.717, 1.165) is 19.3 Å². The van der Waals surface area contributed by atoms with Gasteiger partial charge in [0, 0.05) is 19.6 Å². The minimum atomic E-state index is -0.485. The third-order valence-corrected chi connectivity index (χ3v) is 4.66. The van der Waals surface area contributed by atoms with Crippen LogP contribution in [0.1, 0.15) is 51.9 Å². The van der Waals surface area contributed by atoms with Crippen molar-refractivity contribution in [2.75, 3.05) is 20.2 Å². The second-order valence-electron chi connectivity index (χ2n) is 6.15. The summed E-state index contributed by atoms with van der Waals surface area (Å²) in [5.74, 6) is -0.294. The molecule has 1 unspecified atom stereocenters. The van der Waals surface area contributed by atoms with Gasteiger partial charge in [-0.1, -0.05) is 31.4 Å². The molecule has 1 aliphatic carbocycles. The first kappa shape index (κ1) is 16.8. The number of hydrogen-bond acceptors (Lipinski definition) is 3. The van der Waals surface area contributed by atoms with Gasteiger partial charge in [-0.3, -0.25) is 0 Å². The molecule has 0 spiro atoms. The molecule has 0 saturated heterocycles. The fourth-order valence-corrected chi connectivity index (χ4v) is 3.38. The first-order chi connectivity index (χ1) is 10.6. The van der Waals surface area contributed by atoms with Crippen LogP contribution in [-0.4, -0.2) is 54.1 Å². The molecule has 1 fully saturated rings. The summed E-state index contributed by atoms with van der Waals surface area (Å²) >= 11 is 0. The molecular weight excluding hydrogens is 280 g/mol. The van der Waals surface area contributed by atoms with E-state index in [-0.39, 0.29) is 12.0 Å². The van der Waals surface area contributed by atoms with Crippen molar-refractivity contribution >= 4 is 12.0 Å². The van der Waals surface area contributed by atoms with Crippen LogP contribution in [0.25, 0.3) is 0 Å². The summed E-state index contributed by atoms with van der Waals surface area (Å²) in [6.07, 6.45) is 11.3. The Bertz CT molecular complexity index is 416. The van der Waals surface area contributed by atoms with Crippen molar-refractivity contribution in [1.82, 2.24) is 9.80 Å². The molecule has 1 aliphatic heterocycles. The van der Waals surface area contributed by atoms with Crippen molar-refractivity contribution < 1.29 is 14.3 Å². The number of ether oxygens (including phenoxy) is 1. The number of nitrogens with zero attached hydrogens (tertiary/aromatic N) is 2. The van der Waals surface area contributed by atoms with E-state index in [1.54, 1.807) is 18.9 Å². The maximum absolute atomic E-state index is 12.9. The Morgan fingerprint density at radius 3 is 2.64 bits per heavy atom. The van der Waals surface area contributed by atoms with Crippen LogP contribution in [-0.2, 0) is 9.53 Å². The van der Waals surface area contributed by atoms with E-state index in [2.05, 4.69) is 12.2 Å². The summed E-state index contributed by atoms with van der Waals surface area (Å²) in [4.78, 5) is 28.6. The molecule has 5 heteroatoms. The Morgan fingerprint density at radius 2 is 1.95 bits per heavy atom. The van der Waals surface area contributed by atoms with E-state index in [9.17, 15) is 9.59 Å². The molecular formula is C17H28N2O3. The lowest BCUT2D eigenvalue weighted by Crippen LogP contribution is -2.52. The molecule has 2 amide bonds. The fraction of sp³-hybridized carbons (Fsp3) is 0.765. The van der Waals surface area contributed by atoms with Gasteiger partial charge in [0.1, 0.15) is 6.04 Å². The van der Waals surface area contributed by atoms with E-state index in [0.29, 0.717) is 25.6 Å². The van der Waals surface area contributed by atoms with Gasteiger partial charge in [0.05, 0.1) is 6.61 Å². The van der Waals surface area contributed by atoms with Crippen molar-refractivity contribution in [2.45, 2.75) is 64.0 Å². The second-order valence-corrected chi connectivity index (χ2v) is 6.15. The van der Waals surface area contributed by atoms with E-state index < -0.39 is 6.04 Å². The van der Waals surface area contributed by atoms with Crippen LogP contribution in [0, 0.1) is 0 Å². The number of carbonyl (C=O) groups excluding carboxylic acids is 2. The summed E-state index contributed by atoms with van der Waals surface area (Å²) in [7, 11) is 1.73. The molecule has 1 atom stereocenters. The second kappa shape index (κ2) is 8.20. The number of amides is 2. The van der Waals surface area contributed by atoms with Gasteiger partial charge in [0.15, 0.2) is 0 Å². The Morgan fingerprint density at radius 1 is 1.23 bits per heavy atom. The van der Waals surface area contributed by atoms with Gasteiger partial charge in [0.25, 0.3) is 0 Å². The van der Waals surface area contributed by atoms with Crippen LogP contribution in [0.15, 0.2) is 12.2 Å². The first-order valence-electron chi connectivity index (χ1n) is 8.50. The molecule has 5 nitrogen and oxygen atoms in total. The summed E-state index contributed by atoms with van der Waals surface area (Å²) in [5.41, 5.74) is 0. The van der Waals surface area contributed by atoms with Crippen LogP contribution in [0.3, 0.4) is 0 Å². The maximum atomic E-state index is 12.9. The highest BCUT2D eigenvalue weighted by Gasteiger charge is 2.33. The predicted octanol–water partition coefficient (Wildman–Crippen LogP) is 2.95. The quantitative estimate of drug-likeness (QED) is 0.595. The number of esters is 1. The largest absolute Gasteiger partial charge is 0.464 e. The maximum Gasteiger partial charge on any atom is 0.328 e. The topological polar surface area (TPSA) is 49.9 Å². The van der Waals surface area contributed by atoms with Gasteiger partial charge in [0.2, 0.25) is 0 Å². The van der Waals surface area contributed by atoms with Crippen LogP contribution in [0.5, 0.6) is 0 Å². The predicted molar refractivity (Wildman–Crippen MR) is 85.5 cm³/mol. The molecule has 0 bridgehead atoms. The summed E-state index contributed by atoms with van der Waals surface area (Å²) in [6.45, 7) is 2.78. The molecule has 1 saturated carbocycles. The number of likely N-dealkylation sites (N-methyl/N-ethyl adjacent to an activating group) is 1. The minimum Gasteiger partial charge on any atom is -0.464 e. The minimum absolute atomic E-state index is 0.0449. The van der Waals surface area contributed by atoms with Crippen molar-refractivity contribution in [3.63, 3.8) is 0 Å². The Kier molecular flexibility index (Phi) is 6.28. The normalized spacial score (nSPS) is 26.1. The van der Waals surface area contributed by atoms with Gasteiger partial charge in [-0.05, 0) is 32.6 Å². The van der Waals surface area contributed by atoms with Crippen molar-refractivity contribution in [1.29, 1.82) is 0 Å². The number of allylic oxidation sites excluding steroid dienone is 1. The van der Waals surface area contributed by atoms with E-state index in [4.69, 9.17) is 4.74 Å². The van der Waals surface area contributed by atoms with Gasteiger partial charge in [-0.25, -0.2) is 9.59 Å². The zero-order valence-electron chi connectivity index (χ0n) is 13.8. The van der Waals surface area contributed by atoms with Crippen molar-refractivity contribution in [2.24, 2.45) is 0 Å². The van der Waals surface area contributed by atoms with Gasteiger partial charge < -0.3 is 14.5 Å². The molecule has 0 aromatic heterocycles. The molecule has 22 heavy (non-hydrogen) atoms. The Hall–Kier alpha value is -1.52. The van der Waals surface area contributed by atoms with Crippen LogP contribution in [0.2, 0.25) is 0 Å². The molecule has 0 radical (unpaired) electrons. The average molecular weight is 308 g/mol. The summed E-state index contributed by atoms with van der Waals surface area (Å²) in [6, 6.07) is -0.230. The number of carbonyl (C=O) groups is 2. The molecule has 1 heterocycles. The average Bonchev–Trinajstić information content (AvgIpc) is 2.60. The van der Waals surface area contributed by atoms with Crippen molar-refractivity contribution in [3.8, 4) is 0 Å². The highest BCUT2D eigenvalue weighted by molar-refractivity contribution is 5.84. The van der Waals surface area contributed by atoms with Gasteiger partial charge >= 0.3 is 12.0 Å². The SMILES string of the molecule is CCOC(=O)C1CC/C=C\CN(C2CCCCC2)C(=O)N1C. The molecule has 0 N–H and O–H groups in total. The zero-order chi connectivity index (χ0) is 15.9. The van der Waals surface area contributed by atoms with Crippen molar-refractivity contribution in [3.05, 3.63) is 12.2 Å². The monoisotopic (exact) mass is 308 g/mol. The van der Waals surface area contributed by atoms with E-state index in [1.165, 1.54) is 19.3 Å². The number of hydrogen-bond donors (Lipinski definition) is 0. The van der Waals surface area contributed by atoms with Crippen LogP contribution in [0.4, 0.5) is 4.79 Å².